The normalized spacial score (nSPS) is 10.0. The van der Waals surface area contributed by atoms with Crippen LogP contribution in [0.5, 0.6) is 0 Å². The number of benzene rings is 2. The van der Waals surface area contributed by atoms with Gasteiger partial charge in [0.2, 0.25) is 0 Å². The Morgan fingerprint density at radius 1 is 1.12 bits per heavy atom. The number of anilines is 3. The summed E-state index contributed by atoms with van der Waals surface area (Å²) in [7, 11) is 0. The van der Waals surface area contributed by atoms with Crippen molar-refractivity contribution in [2.75, 3.05) is 10.6 Å². The number of nitrogens with zero attached hydrogens (tertiary/aromatic N) is 2. The van der Waals surface area contributed by atoms with E-state index >= 15 is 0 Å². The minimum atomic E-state index is -0.328. The lowest BCUT2D eigenvalue weighted by atomic mass is 10.2. The maximum absolute atomic E-state index is 12.4. The molecular weight excluding hydrogens is 348 g/mol. The van der Waals surface area contributed by atoms with Gasteiger partial charge in [-0.1, -0.05) is 29.8 Å². The molecule has 0 aliphatic heterocycles. The molecule has 0 saturated heterocycles. The summed E-state index contributed by atoms with van der Waals surface area (Å²) in [5.74, 6) is 0.273. The molecule has 0 bridgehead atoms. The van der Waals surface area contributed by atoms with Gasteiger partial charge in [-0.25, -0.2) is 4.98 Å². The number of carbonyl (C=O) groups is 1. The Kier molecular flexibility index (Phi) is 5.16. The van der Waals surface area contributed by atoms with Crippen LogP contribution >= 0.6 is 11.6 Å². The molecule has 0 radical (unpaired) electrons. The van der Waals surface area contributed by atoms with Crippen molar-refractivity contribution in [3.63, 3.8) is 0 Å². The van der Waals surface area contributed by atoms with Gasteiger partial charge in [-0.2, -0.15) is 5.26 Å². The van der Waals surface area contributed by atoms with E-state index in [0.29, 0.717) is 27.7 Å². The van der Waals surface area contributed by atoms with Gasteiger partial charge in [-0.05, 0) is 48.9 Å². The monoisotopic (exact) mass is 362 g/mol. The highest BCUT2D eigenvalue weighted by atomic mass is 35.5. The van der Waals surface area contributed by atoms with Crippen LogP contribution in [0.25, 0.3) is 0 Å². The van der Waals surface area contributed by atoms with Gasteiger partial charge in [0.05, 0.1) is 16.8 Å². The average Bonchev–Trinajstić information content (AvgIpc) is 2.65. The Hall–Kier alpha value is -3.36. The standard InChI is InChI=1S/C20H15ClN4O/c1-13-6-8-16(21)10-18(13)24-19-9-7-15(12-23-19)20(26)25-17-5-3-2-4-14(17)11-22/h2-10,12H,1H3,(H,23,24)(H,25,26). The number of nitriles is 1. The highest BCUT2D eigenvalue weighted by molar-refractivity contribution is 6.30. The molecule has 0 aliphatic carbocycles. The van der Waals surface area contributed by atoms with Crippen LogP contribution in [0.2, 0.25) is 5.02 Å². The summed E-state index contributed by atoms with van der Waals surface area (Å²) in [5.41, 5.74) is 3.16. The lowest BCUT2D eigenvalue weighted by Crippen LogP contribution is -2.13. The Labute approximate surface area is 156 Å². The first-order chi connectivity index (χ1) is 12.6. The fourth-order valence-electron chi connectivity index (χ4n) is 2.35. The molecule has 3 aromatic rings. The van der Waals surface area contributed by atoms with Gasteiger partial charge < -0.3 is 10.6 Å². The van der Waals surface area contributed by atoms with Crippen molar-refractivity contribution in [3.05, 3.63) is 82.5 Å². The predicted octanol–water partition coefficient (Wildman–Crippen LogP) is 4.91. The first-order valence-corrected chi connectivity index (χ1v) is 8.24. The molecule has 26 heavy (non-hydrogen) atoms. The first kappa shape index (κ1) is 17.5. The summed E-state index contributed by atoms with van der Waals surface area (Å²) in [6, 6.07) is 17.8. The molecule has 0 spiro atoms. The molecule has 3 rings (SSSR count). The van der Waals surface area contributed by atoms with Gasteiger partial charge >= 0.3 is 0 Å². The molecule has 0 saturated carbocycles. The van der Waals surface area contributed by atoms with Crippen molar-refractivity contribution in [2.45, 2.75) is 6.92 Å². The minimum Gasteiger partial charge on any atom is -0.340 e. The van der Waals surface area contributed by atoms with Crippen molar-refractivity contribution in [2.24, 2.45) is 0 Å². The summed E-state index contributed by atoms with van der Waals surface area (Å²) in [6.07, 6.45) is 1.48. The van der Waals surface area contributed by atoms with Crippen LogP contribution < -0.4 is 10.6 Å². The molecule has 1 heterocycles. The number of nitrogens with one attached hydrogen (secondary N) is 2. The third-order valence-electron chi connectivity index (χ3n) is 3.78. The summed E-state index contributed by atoms with van der Waals surface area (Å²) in [5, 5.41) is 15.6. The number of aryl methyl sites for hydroxylation is 1. The lowest BCUT2D eigenvalue weighted by molar-refractivity contribution is 0.102. The van der Waals surface area contributed by atoms with Crippen LogP contribution in [-0.2, 0) is 0 Å². The smallest absolute Gasteiger partial charge is 0.257 e. The highest BCUT2D eigenvalue weighted by Gasteiger charge is 2.10. The zero-order valence-electron chi connectivity index (χ0n) is 14.0. The zero-order chi connectivity index (χ0) is 18.5. The molecule has 6 heteroatoms. The van der Waals surface area contributed by atoms with Gasteiger partial charge in [-0.15, -0.1) is 0 Å². The minimum absolute atomic E-state index is 0.328. The topological polar surface area (TPSA) is 77.8 Å². The van der Waals surface area contributed by atoms with Crippen molar-refractivity contribution in [3.8, 4) is 6.07 Å². The quantitative estimate of drug-likeness (QED) is 0.691. The number of halogens is 1. The zero-order valence-corrected chi connectivity index (χ0v) is 14.7. The first-order valence-electron chi connectivity index (χ1n) is 7.86. The Morgan fingerprint density at radius 2 is 1.92 bits per heavy atom. The number of hydrogen-bond donors (Lipinski definition) is 2. The molecule has 128 valence electrons. The fourth-order valence-corrected chi connectivity index (χ4v) is 2.53. The number of carbonyl (C=O) groups excluding carboxylic acids is 1. The maximum Gasteiger partial charge on any atom is 0.257 e. The highest BCUT2D eigenvalue weighted by Crippen LogP contribution is 2.23. The molecule has 2 N–H and O–H groups in total. The second-order valence-corrected chi connectivity index (χ2v) is 6.06. The van der Waals surface area contributed by atoms with Gasteiger partial charge in [0, 0.05) is 16.9 Å². The molecule has 0 unspecified atom stereocenters. The molecular formula is C20H15ClN4O. The largest absolute Gasteiger partial charge is 0.340 e. The number of rotatable bonds is 4. The van der Waals surface area contributed by atoms with Crippen LogP contribution in [0.1, 0.15) is 21.5 Å². The van der Waals surface area contributed by atoms with Gasteiger partial charge in [-0.3, -0.25) is 4.79 Å². The average molecular weight is 363 g/mol. The van der Waals surface area contributed by atoms with E-state index in [1.807, 2.05) is 31.2 Å². The van der Waals surface area contributed by atoms with E-state index in [0.717, 1.165) is 11.3 Å². The third-order valence-corrected chi connectivity index (χ3v) is 4.02. The maximum atomic E-state index is 12.4. The Balaban J connectivity index is 1.74. The molecule has 0 fully saturated rings. The van der Waals surface area contributed by atoms with Gasteiger partial charge in [0.15, 0.2) is 0 Å². The number of para-hydroxylation sites is 1. The lowest BCUT2D eigenvalue weighted by Gasteiger charge is -2.10. The summed E-state index contributed by atoms with van der Waals surface area (Å²) in [4.78, 5) is 16.6. The van der Waals surface area contributed by atoms with Crippen LogP contribution in [0.3, 0.4) is 0 Å². The summed E-state index contributed by atoms with van der Waals surface area (Å²) in [6.45, 7) is 1.97. The van der Waals surface area contributed by atoms with Crippen molar-refractivity contribution < 1.29 is 4.79 Å². The molecule has 1 aromatic heterocycles. The van der Waals surface area contributed by atoms with Crippen molar-refractivity contribution in [1.29, 1.82) is 5.26 Å². The van der Waals surface area contributed by atoms with Crippen LogP contribution in [0, 0.1) is 18.3 Å². The Morgan fingerprint density at radius 3 is 2.65 bits per heavy atom. The van der Waals surface area contributed by atoms with Gasteiger partial charge in [0.25, 0.3) is 5.91 Å². The van der Waals surface area contributed by atoms with Crippen LogP contribution in [0.15, 0.2) is 60.8 Å². The SMILES string of the molecule is Cc1ccc(Cl)cc1Nc1ccc(C(=O)Nc2ccccc2C#N)cn1. The van der Waals surface area contributed by atoms with Gasteiger partial charge in [0.1, 0.15) is 11.9 Å². The second kappa shape index (κ2) is 7.68. The molecule has 0 aliphatic rings. The Bertz CT molecular complexity index is 993. The molecule has 0 atom stereocenters. The summed E-state index contributed by atoms with van der Waals surface area (Å²) < 4.78 is 0. The van der Waals surface area contributed by atoms with Crippen LogP contribution in [0.4, 0.5) is 17.2 Å². The van der Waals surface area contributed by atoms with E-state index in [9.17, 15) is 4.79 Å². The molecule has 1 amide bonds. The summed E-state index contributed by atoms with van der Waals surface area (Å²) >= 11 is 6.02. The number of hydrogen-bond acceptors (Lipinski definition) is 4. The van der Waals surface area contributed by atoms with E-state index in [2.05, 4.69) is 15.6 Å². The van der Waals surface area contributed by atoms with E-state index in [1.54, 1.807) is 36.4 Å². The number of pyridine rings is 1. The van der Waals surface area contributed by atoms with Crippen LogP contribution in [-0.4, -0.2) is 10.9 Å². The number of amides is 1. The predicted molar refractivity (Wildman–Crippen MR) is 103 cm³/mol. The van der Waals surface area contributed by atoms with E-state index in [1.165, 1.54) is 6.20 Å². The van der Waals surface area contributed by atoms with Crippen molar-refractivity contribution >= 4 is 34.7 Å². The molecule has 2 aromatic carbocycles. The second-order valence-electron chi connectivity index (χ2n) is 5.63. The van der Waals surface area contributed by atoms with Crippen molar-refractivity contribution in [1.82, 2.24) is 4.98 Å². The third kappa shape index (κ3) is 4.00. The van der Waals surface area contributed by atoms with E-state index < -0.39 is 0 Å². The van der Waals surface area contributed by atoms with E-state index in [4.69, 9.17) is 16.9 Å². The number of aromatic nitrogens is 1. The fraction of sp³-hybridized carbons (Fsp3) is 0.0500. The van der Waals surface area contributed by atoms with E-state index in [-0.39, 0.29) is 5.91 Å². The molecule has 5 nitrogen and oxygen atoms in total.